The SMILES string of the molecule is CO/C=C(/C(=O)OC)c1ccccc1CO/N=C(C)/C(C#N)=N/OC. The van der Waals surface area contributed by atoms with Crippen molar-refractivity contribution in [1.29, 1.82) is 5.26 Å². The van der Waals surface area contributed by atoms with Crippen LogP contribution >= 0.6 is 0 Å². The molecule has 0 fully saturated rings. The maximum Gasteiger partial charge on any atom is 0.341 e. The van der Waals surface area contributed by atoms with Gasteiger partial charge in [-0.3, -0.25) is 0 Å². The molecule has 0 radical (unpaired) electrons. The monoisotopic (exact) mass is 345 g/mol. The first-order chi connectivity index (χ1) is 12.1. The largest absolute Gasteiger partial charge is 0.503 e. The van der Waals surface area contributed by atoms with Crippen LogP contribution in [-0.4, -0.2) is 38.7 Å². The lowest BCUT2D eigenvalue weighted by molar-refractivity contribution is -0.133. The summed E-state index contributed by atoms with van der Waals surface area (Å²) in [6.07, 6.45) is 1.30. The lowest BCUT2D eigenvalue weighted by atomic mass is 10.0. The van der Waals surface area contributed by atoms with E-state index in [0.717, 1.165) is 0 Å². The van der Waals surface area contributed by atoms with Crippen molar-refractivity contribution in [3.8, 4) is 6.07 Å². The molecular weight excluding hydrogens is 326 g/mol. The summed E-state index contributed by atoms with van der Waals surface area (Å²) in [7, 11) is 4.06. The van der Waals surface area contributed by atoms with E-state index in [9.17, 15) is 4.79 Å². The first-order valence-corrected chi connectivity index (χ1v) is 7.16. The molecule has 132 valence electrons. The van der Waals surface area contributed by atoms with Gasteiger partial charge in [0.05, 0.1) is 20.5 Å². The van der Waals surface area contributed by atoms with Crippen LogP contribution in [0.5, 0.6) is 0 Å². The van der Waals surface area contributed by atoms with Crippen LogP contribution in [0.4, 0.5) is 0 Å². The Morgan fingerprint density at radius 1 is 1.24 bits per heavy atom. The molecule has 0 saturated carbocycles. The standard InChI is InChI=1S/C17H19N3O5/c1-12(16(9-18)20-24-4)19-25-10-13-7-5-6-8-14(13)15(11-22-2)17(21)23-3/h5-8,11H,10H2,1-4H3/b15-11+,19-12+,20-16+. The van der Waals surface area contributed by atoms with Crippen LogP contribution in [-0.2, 0) is 30.6 Å². The minimum atomic E-state index is -0.534. The van der Waals surface area contributed by atoms with Gasteiger partial charge in [0.2, 0.25) is 5.71 Å². The van der Waals surface area contributed by atoms with Gasteiger partial charge in [0.1, 0.15) is 31.1 Å². The van der Waals surface area contributed by atoms with E-state index >= 15 is 0 Å². The smallest absolute Gasteiger partial charge is 0.341 e. The molecule has 25 heavy (non-hydrogen) atoms. The minimum absolute atomic E-state index is 0.00492. The Kier molecular flexibility index (Phi) is 8.23. The molecule has 0 aliphatic rings. The quantitative estimate of drug-likeness (QED) is 0.235. The zero-order valence-corrected chi connectivity index (χ0v) is 14.5. The van der Waals surface area contributed by atoms with Gasteiger partial charge in [-0.1, -0.05) is 34.6 Å². The van der Waals surface area contributed by atoms with Crippen molar-refractivity contribution in [2.75, 3.05) is 21.3 Å². The molecule has 0 aromatic heterocycles. The topological polar surface area (TPSA) is 102 Å². The van der Waals surface area contributed by atoms with Crippen LogP contribution in [0.2, 0.25) is 0 Å². The van der Waals surface area contributed by atoms with E-state index in [1.54, 1.807) is 31.2 Å². The van der Waals surface area contributed by atoms with E-state index in [0.29, 0.717) is 11.1 Å². The molecule has 1 aromatic carbocycles. The fourth-order valence-corrected chi connectivity index (χ4v) is 1.86. The van der Waals surface area contributed by atoms with Crippen LogP contribution in [0.25, 0.3) is 5.57 Å². The van der Waals surface area contributed by atoms with E-state index in [2.05, 4.69) is 15.1 Å². The third-order valence-corrected chi connectivity index (χ3v) is 3.00. The summed E-state index contributed by atoms with van der Waals surface area (Å²) in [5.41, 5.74) is 1.81. The molecule has 0 heterocycles. The molecule has 1 aromatic rings. The number of benzene rings is 1. The molecular formula is C17H19N3O5. The minimum Gasteiger partial charge on any atom is -0.503 e. The van der Waals surface area contributed by atoms with Crippen LogP contribution in [0.15, 0.2) is 40.8 Å². The fourth-order valence-electron chi connectivity index (χ4n) is 1.86. The zero-order chi connectivity index (χ0) is 18.7. The molecule has 0 spiro atoms. The van der Waals surface area contributed by atoms with Crippen molar-refractivity contribution in [3.05, 3.63) is 41.7 Å². The summed E-state index contributed by atoms with van der Waals surface area (Å²) >= 11 is 0. The molecule has 8 nitrogen and oxygen atoms in total. The van der Waals surface area contributed by atoms with Crippen molar-refractivity contribution in [2.45, 2.75) is 13.5 Å². The molecule has 0 bridgehead atoms. The number of nitrogens with zero attached hydrogens (tertiary/aromatic N) is 3. The van der Waals surface area contributed by atoms with Gasteiger partial charge in [-0.25, -0.2) is 4.79 Å². The third-order valence-electron chi connectivity index (χ3n) is 3.00. The van der Waals surface area contributed by atoms with Crippen LogP contribution in [0.3, 0.4) is 0 Å². The number of carbonyl (C=O) groups is 1. The lowest BCUT2D eigenvalue weighted by Gasteiger charge is -2.10. The first-order valence-electron chi connectivity index (χ1n) is 7.16. The summed E-state index contributed by atoms with van der Waals surface area (Å²) in [4.78, 5) is 21.8. The molecule has 0 unspecified atom stereocenters. The molecule has 0 atom stereocenters. The molecule has 0 amide bonds. The molecule has 0 N–H and O–H groups in total. The first kappa shape index (κ1) is 19.7. The molecule has 0 aliphatic heterocycles. The number of ether oxygens (including phenoxy) is 2. The number of rotatable bonds is 8. The van der Waals surface area contributed by atoms with E-state index in [-0.39, 0.29) is 23.6 Å². The Labute approximate surface area is 145 Å². The summed E-state index contributed by atoms with van der Waals surface area (Å²) in [6.45, 7) is 1.63. The fraction of sp³-hybridized carbons (Fsp3) is 0.294. The highest BCUT2D eigenvalue weighted by molar-refractivity contribution is 6.47. The second-order valence-corrected chi connectivity index (χ2v) is 4.60. The van der Waals surface area contributed by atoms with E-state index in [1.165, 1.54) is 27.6 Å². The Morgan fingerprint density at radius 2 is 1.96 bits per heavy atom. The molecule has 0 saturated heterocycles. The van der Waals surface area contributed by atoms with Crippen molar-refractivity contribution < 1.29 is 23.9 Å². The maximum absolute atomic E-state index is 11.9. The summed E-state index contributed by atoms with van der Waals surface area (Å²) < 4.78 is 9.72. The number of carbonyl (C=O) groups excluding carboxylic acids is 1. The summed E-state index contributed by atoms with van der Waals surface area (Å²) in [5.74, 6) is -0.534. The highest BCUT2D eigenvalue weighted by atomic mass is 16.6. The number of oxime groups is 2. The molecule has 0 aliphatic carbocycles. The van der Waals surface area contributed by atoms with E-state index < -0.39 is 5.97 Å². The van der Waals surface area contributed by atoms with Gasteiger partial charge in [-0.2, -0.15) is 5.26 Å². The number of nitriles is 1. The predicted molar refractivity (Wildman–Crippen MR) is 91.4 cm³/mol. The van der Waals surface area contributed by atoms with Crippen molar-refractivity contribution in [3.63, 3.8) is 0 Å². The average Bonchev–Trinajstić information content (AvgIpc) is 2.64. The Balaban J connectivity index is 3.02. The van der Waals surface area contributed by atoms with Crippen LogP contribution in [0, 0.1) is 11.3 Å². The highest BCUT2D eigenvalue weighted by Crippen LogP contribution is 2.21. The second-order valence-electron chi connectivity index (χ2n) is 4.60. The van der Waals surface area contributed by atoms with Crippen LogP contribution in [0.1, 0.15) is 18.1 Å². The lowest BCUT2D eigenvalue weighted by Crippen LogP contribution is -2.10. The normalized spacial score (nSPS) is 12.2. The second kappa shape index (κ2) is 10.4. The number of hydrogen-bond donors (Lipinski definition) is 0. The number of hydrogen-bond acceptors (Lipinski definition) is 8. The molecule has 8 heteroatoms. The Bertz CT molecular complexity index is 732. The Hall–Kier alpha value is -3.34. The number of methoxy groups -OCH3 is 2. The van der Waals surface area contributed by atoms with Crippen molar-refractivity contribution >= 4 is 23.0 Å². The van der Waals surface area contributed by atoms with Crippen molar-refractivity contribution in [2.24, 2.45) is 10.3 Å². The van der Waals surface area contributed by atoms with Crippen molar-refractivity contribution in [1.82, 2.24) is 0 Å². The van der Waals surface area contributed by atoms with Gasteiger partial charge < -0.3 is 19.1 Å². The predicted octanol–water partition coefficient (Wildman–Crippen LogP) is 2.27. The molecule has 1 rings (SSSR count). The third kappa shape index (κ3) is 5.66. The average molecular weight is 345 g/mol. The van der Waals surface area contributed by atoms with E-state index in [4.69, 9.17) is 19.6 Å². The van der Waals surface area contributed by atoms with Gasteiger partial charge in [-0.15, -0.1) is 0 Å². The van der Waals surface area contributed by atoms with E-state index in [1.807, 2.05) is 6.07 Å². The maximum atomic E-state index is 11.9. The summed E-state index contributed by atoms with van der Waals surface area (Å²) in [5, 5.41) is 16.3. The zero-order valence-electron chi connectivity index (χ0n) is 14.5. The highest BCUT2D eigenvalue weighted by Gasteiger charge is 2.17. The Morgan fingerprint density at radius 3 is 2.56 bits per heavy atom. The van der Waals surface area contributed by atoms with Crippen LogP contribution < -0.4 is 0 Å². The van der Waals surface area contributed by atoms with Gasteiger partial charge in [0.15, 0.2) is 0 Å². The van der Waals surface area contributed by atoms with Gasteiger partial charge in [0, 0.05) is 5.56 Å². The van der Waals surface area contributed by atoms with Gasteiger partial charge in [-0.05, 0) is 12.5 Å². The van der Waals surface area contributed by atoms with Gasteiger partial charge >= 0.3 is 5.97 Å². The van der Waals surface area contributed by atoms with Gasteiger partial charge in [0.25, 0.3) is 0 Å². The number of esters is 1. The summed E-state index contributed by atoms with van der Waals surface area (Å²) in [6, 6.07) is 8.94.